The van der Waals surface area contributed by atoms with Crippen molar-refractivity contribution in [1.29, 1.82) is 0 Å². The Bertz CT molecular complexity index is 475. The summed E-state index contributed by atoms with van der Waals surface area (Å²) in [4.78, 5) is 5.16. The van der Waals surface area contributed by atoms with Crippen molar-refractivity contribution in [3.8, 4) is 0 Å². The molecule has 0 bridgehead atoms. The van der Waals surface area contributed by atoms with Gasteiger partial charge in [0.05, 0.1) is 11.9 Å². The first-order chi connectivity index (χ1) is 9.33. The van der Waals surface area contributed by atoms with Crippen LogP contribution < -0.4 is 10.8 Å². The highest BCUT2D eigenvalue weighted by molar-refractivity contribution is 5.31. The molecule has 0 aromatic heterocycles. The van der Waals surface area contributed by atoms with Crippen LogP contribution in [0, 0.1) is 0 Å². The third-order valence-corrected chi connectivity index (χ3v) is 3.73. The minimum Gasteiger partial charge on any atom is -0.490 e. The molecule has 0 spiro atoms. The average molecular weight is 277 g/mol. The standard InChI is InChI=1S/C15H23N3O2/c1-14(2)8-13(9-15(3,4)17-14)19-12-5-6-18-11(7-12)10-16-20-18/h5-7,10,13,16-17H,8-9H2,1-4H3. The Morgan fingerprint density at radius 2 is 1.95 bits per heavy atom. The van der Waals surface area contributed by atoms with E-state index in [9.17, 15) is 0 Å². The van der Waals surface area contributed by atoms with Crippen molar-refractivity contribution < 1.29 is 9.68 Å². The predicted octanol–water partition coefficient (Wildman–Crippen LogP) is 2.32. The van der Waals surface area contributed by atoms with Crippen LogP contribution in [0.15, 0.2) is 36.0 Å². The van der Waals surface area contributed by atoms with Gasteiger partial charge in [-0.15, -0.1) is 0 Å². The monoisotopic (exact) mass is 277 g/mol. The molecule has 1 fully saturated rings. The fourth-order valence-electron chi connectivity index (χ4n) is 3.39. The average Bonchev–Trinajstić information content (AvgIpc) is 2.71. The van der Waals surface area contributed by atoms with E-state index in [1.165, 1.54) is 0 Å². The summed E-state index contributed by atoms with van der Waals surface area (Å²) in [5.41, 5.74) is 3.85. The van der Waals surface area contributed by atoms with Crippen LogP contribution in [0.1, 0.15) is 40.5 Å². The lowest BCUT2D eigenvalue weighted by molar-refractivity contribution is -0.113. The molecular formula is C15H23N3O2. The topological polar surface area (TPSA) is 45.8 Å². The number of hydrogen-bond donors (Lipinski definition) is 2. The highest BCUT2D eigenvalue weighted by atomic mass is 16.8. The molecule has 3 aliphatic rings. The van der Waals surface area contributed by atoms with Crippen LogP contribution in [0.4, 0.5) is 0 Å². The van der Waals surface area contributed by atoms with E-state index in [1.807, 2.05) is 24.6 Å². The van der Waals surface area contributed by atoms with Crippen LogP contribution in [-0.2, 0) is 9.68 Å². The van der Waals surface area contributed by atoms with Crippen molar-refractivity contribution >= 4 is 0 Å². The predicted molar refractivity (Wildman–Crippen MR) is 76.8 cm³/mol. The largest absolute Gasteiger partial charge is 0.490 e. The highest BCUT2D eigenvalue weighted by Crippen LogP contribution is 2.32. The van der Waals surface area contributed by atoms with Crippen molar-refractivity contribution in [1.82, 2.24) is 15.9 Å². The molecule has 3 heterocycles. The minimum absolute atomic E-state index is 0.0920. The van der Waals surface area contributed by atoms with Crippen molar-refractivity contribution in [3.63, 3.8) is 0 Å². The molecular weight excluding hydrogens is 254 g/mol. The lowest BCUT2D eigenvalue weighted by Gasteiger charge is -2.46. The van der Waals surface area contributed by atoms with Crippen LogP contribution in [0.5, 0.6) is 0 Å². The number of rotatable bonds is 2. The maximum Gasteiger partial charge on any atom is 0.123 e. The summed E-state index contributed by atoms with van der Waals surface area (Å²) in [6.07, 6.45) is 9.81. The number of hydroxylamine groups is 3. The van der Waals surface area contributed by atoms with Gasteiger partial charge in [-0.05, 0) is 33.8 Å². The number of piperidine rings is 1. The van der Waals surface area contributed by atoms with Gasteiger partial charge >= 0.3 is 0 Å². The summed E-state index contributed by atoms with van der Waals surface area (Å²) in [5, 5.41) is 5.34. The van der Waals surface area contributed by atoms with Gasteiger partial charge in [-0.25, -0.2) is 10.5 Å². The zero-order chi connectivity index (χ0) is 14.4. The van der Waals surface area contributed by atoms with Gasteiger partial charge in [-0.2, -0.15) is 4.94 Å². The Morgan fingerprint density at radius 3 is 2.65 bits per heavy atom. The summed E-state index contributed by atoms with van der Waals surface area (Å²) in [7, 11) is 0. The van der Waals surface area contributed by atoms with Crippen LogP contribution in [0.25, 0.3) is 0 Å². The summed E-state index contributed by atoms with van der Waals surface area (Å²) in [5.74, 6) is 0.887. The van der Waals surface area contributed by atoms with E-state index in [-0.39, 0.29) is 17.2 Å². The molecule has 0 radical (unpaired) electrons. The first-order valence-electron chi connectivity index (χ1n) is 7.11. The second-order valence-corrected chi connectivity index (χ2v) is 7.01. The third kappa shape index (κ3) is 2.83. The molecule has 0 aromatic carbocycles. The normalized spacial score (nSPS) is 27.5. The number of hydrogen-bond acceptors (Lipinski definition) is 5. The third-order valence-electron chi connectivity index (χ3n) is 3.73. The van der Waals surface area contributed by atoms with E-state index in [0.29, 0.717) is 0 Å². The Labute approximate surface area is 120 Å². The van der Waals surface area contributed by atoms with Crippen LogP contribution >= 0.6 is 0 Å². The number of ether oxygens (including phenoxy) is 1. The van der Waals surface area contributed by atoms with Gasteiger partial charge in [0.1, 0.15) is 11.9 Å². The molecule has 20 heavy (non-hydrogen) atoms. The Balaban J connectivity index is 1.70. The molecule has 110 valence electrons. The van der Waals surface area contributed by atoms with Gasteiger partial charge < -0.3 is 10.1 Å². The van der Waals surface area contributed by atoms with Gasteiger partial charge in [0.2, 0.25) is 0 Å². The quantitative estimate of drug-likeness (QED) is 0.811. The Kier molecular flexibility index (Phi) is 3.06. The van der Waals surface area contributed by atoms with Crippen LogP contribution in [-0.4, -0.2) is 22.2 Å². The van der Waals surface area contributed by atoms with Crippen molar-refractivity contribution in [3.05, 3.63) is 36.0 Å². The van der Waals surface area contributed by atoms with E-state index in [4.69, 9.17) is 9.68 Å². The fraction of sp³-hybridized carbons (Fsp3) is 0.600. The molecule has 0 amide bonds. The lowest BCUT2D eigenvalue weighted by atomic mass is 9.81. The molecule has 2 N–H and O–H groups in total. The van der Waals surface area contributed by atoms with Gasteiger partial charge in [0, 0.05) is 36.2 Å². The molecule has 5 nitrogen and oxygen atoms in total. The van der Waals surface area contributed by atoms with Crippen LogP contribution in [0.3, 0.4) is 0 Å². The fourth-order valence-corrected chi connectivity index (χ4v) is 3.39. The summed E-state index contributed by atoms with van der Waals surface area (Å²) in [6.45, 7) is 8.92. The SMILES string of the molecule is CC1(C)CC(OC2=CC3=CNON3C=C2)CC(C)(C)N1. The van der Waals surface area contributed by atoms with Gasteiger partial charge in [-0.3, -0.25) is 0 Å². The van der Waals surface area contributed by atoms with E-state index in [1.54, 1.807) is 5.06 Å². The maximum atomic E-state index is 6.20. The van der Waals surface area contributed by atoms with E-state index < -0.39 is 0 Å². The molecule has 0 unspecified atom stereocenters. The Hall–Kier alpha value is -1.46. The Morgan fingerprint density at radius 1 is 1.25 bits per heavy atom. The summed E-state index contributed by atoms with van der Waals surface area (Å²) in [6, 6.07) is 0. The van der Waals surface area contributed by atoms with Crippen molar-refractivity contribution in [2.24, 2.45) is 0 Å². The van der Waals surface area contributed by atoms with Gasteiger partial charge in [-0.1, -0.05) is 0 Å². The number of fused-ring (bicyclic) bond motifs is 1. The van der Waals surface area contributed by atoms with E-state index >= 15 is 0 Å². The summed E-state index contributed by atoms with van der Waals surface area (Å²) < 4.78 is 6.20. The van der Waals surface area contributed by atoms with E-state index in [0.717, 1.165) is 24.3 Å². The van der Waals surface area contributed by atoms with E-state index in [2.05, 4.69) is 38.5 Å². The number of nitrogens with one attached hydrogen (secondary N) is 2. The minimum atomic E-state index is 0.0920. The first-order valence-corrected chi connectivity index (χ1v) is 7.11. The van der Waals surface area contributed by atoms with Crippen molar-refractivity contribution in [2.45, 2.75) is 57.7 Å². The second-order valence-electron chi connectivity index (χ2n) is 7.01. The molecule has 0 aliphatic carbocycles. The highest BCUT2D eigenvalue weighted by Gasteiger charge is 2.39. The zero-order valence-corrected chi connectivity index (χ0v) is 12.6. The second kappa shape index (κ2) is 4.53. The summed E-state index contributed by atoms with van der Waals surface area (Å²) >= 11 is 0. The molecule has 0 saturated carbocycles. The van der Waals surface area contributed by atoms with Gasteiger partial charge in [0.25, 0.3) is 0 Å². The van der Waals surface area contributed by atoms with Crippen molar-refractivity contribution in [2.75, 3.05) is 0 Å². The molecule has 1 saturated heterocycles. The zero-order valence-electron chi connectivity index (χ0n) is 12.6. The molecule has 0 aromatic rings. The number of allylic oxidation sites excluding steroid dienone is 2. The molecule has 3 rings (SSSR count). The van der Waals surface area contributed by atoms with Gasteiger partial charge in [0.15, 0.2) is 0 Å². The number of nitrogens with zero attached hydrogens (tertiary/aromatic N) is 1. The molecule has 3 aliphatic heterocycles. The smallest absolute Gasteiger partial charge is 0.123 e. The lowest BCUT2D eigenvalue weighted by Crippen LogP contribution is -2.59. The molecule has 0 atom stereocenters. The molecule has 5 heteroatoms. The maximum absolute atomic E-state index is 6.20. The van der Waals surface area contributed by atoms with Crippen LogP contribution in [0.2, 0.25) is 0 Å². The first kappa shape index (κ1) is 13.5.